The molecule has 3 aromatic heterocycles. The van der Waals surface area contributed by atoms with Gasteiger partial charge in [-0.25, -0.2) is 28.4 Å². The minimum atomic E-state index is -3.43. The molecule has 33 heavy (non-hydrogen) atoms. The second-order valence-electron chi connectivity index (χ2n) is 7.75. The van der Waals surface area contributed by atoms with Crippen LogP contribution in [-0.4, -0.2) is 64.8 Å². The summed E-state index contributed by atoms with van der Waals surface area (Å²) in [5.74, 6) is 0.583. The fourth-order valence-electron chi connectivity index (χ4n) is 3.59. The minimum absolute atomic E-state index is 0.104. The number of aromatic nitrogens is 5. The number of anilines is 2. The molecule has 1 aliphatic heterocycles. The van der Waals surface area contributed by atoms with Crippen molar-refractivity contribution in [2.75, 3.05) is 35.9 Å². The fourth-order valence-corrected chi connectivity index (χ4v) is 5.82. The van der Waals surface area contributed by atoms with Crippen molar-refractivity contribution in [2.45, 2.75) is 31.1 Å². The summed E-state index contributed by atoms with van der Waals surface area (Å²) >= 11 is 1.52. The minimum Gasteiger partial charge on any atom is -0.477 e. The van der Waals surface area contributed by atoms with E-state index in [0.29, 0.717) is 37.6 Å². The molecule has 0 spiro atoms. The zero-order valence-corrected chi connectivity index (χ0v) is 19.6. The van der Waals surface area contributed by atoms with Gasteiger partial charge in [-0.1, -0.05) is 11.3 Å². The van der Waals surface area contributed by atoms with E-state index >= 15 is 0 Å². The molecular formula is C20H24N8O3S2. The van der Waals surface area contributed by atoms with E-state index in [1.165, 1.54) is 11.3 Å². The van der Waals surface area contributed by atoms with Gasteiger partial charge in [-0.05, 0) is 25.8 Å². The van der Waals surface area contributed by atoms with Gasteiger partial charge in [0, 0.05) is 32.0 Å². The molecule has 2 fully saturated rings. The maximum absolute atomic E-state index is 12.3. The van der Waals surface area contributed by atoms with Crippen molar-refractivity contribution in [1.29, 1.82) is 0 Å². The Hall–Kier alpha value is -2.90. The summed E-state index contributed by atoms with van der Waals surface area (Å²) in [6.45, 7) is 4.61. The molecule has 11 nitrogen and oxygen atoms in total. The van der Waals surface area contributed by atoms with Gasteiger partial charge in [0.15, 0.2) is 5.13 Å². The maximum Gasteiger partial charge on any atom is 0.237 e. The molecular weight excluding hydrogens is 464 g/mol. The second-order valence-corrected chi connectivity index (χ2v) is 10.7. The van der Waals surface area contributed by atoms with Crippen LogP contribution in [0.15, 0.2) is 30.9 Å². The first-order valence-electron chi connectivity index (χ1n) is 10.8. The van der Waals surface area contributed by atoms with Gasteiger partial charge < -0.3 is 15.0 Å². The summed E-state index contributed by atoms with van der Waals surface area (Å²) in [6.07, 6.45) is 8.01. The molecule has 1 atom stereocenters. The highest BCUT2D eigenvalue weighted by Gasteiger charge is 2.36. The molecule has 3 aromatic rings. The number of nitrogens with zero attached hydrogens (tertiary/aromatic N) is 6. The van der Waals surface area contributed by atoms with E-state index in [1.54, 1.807) is 24.8 Å². The number of ether oxygens (including phenoxy) is 1. The average molecular weight is 489 g/mol. The van der Waals surface area contributed by atoms with Crippen molar-refractivity contribution in [3.05, 3.63) is 36.5 Å². The van der Waals surface area contributed by atoms with Crippen LogP contribution in [0.4, 0.5) is 11.1 Å². The zero-order chi connectivity index (χ0) is 22.8. The Labute approximate surface area is 195 Å². The van der Waals surface area contributed by atoms with Crippen molar-refractivity contribution in [3.8, 4) is 16.5 Å². The standard InChI is InChI=1S/C20H24N8O3S2/c1-2-31-18-12-22-9-15(25-18)17-11-24-20(32-17)28-8-7-21-10-16(28)14-5-6-23-19(26-14)27-33(29,30)13-3-4-13/h5-6,9,11-13,16,21H,2-4,7-8,10H2,1H3,(H,23,26,27)/t16-/m1/s1. The van der Waals surface area contributed by atoms with Crippen LogP contribution in [0.25, 0.3) is 10.6 Å². The molecule has 1 saturated heterocycles. The van der Waals surface area contributed by atoms with Crippen LogP contribution in [0, 0.1) is 0 Å². The topological polar surface area (TPSA) is 135 Å². The summed E-state index contributed by atoms with van der Waals surface area (Å²) in [6, 6.07) is 1.69. The van der Waals surface area contributed by atoms with Crippen LogP contribution in [0.3, 0.4) is 0 Å². The van der Waals surface area contributed by atoms with Crippen molar-refractivity contribution in [2.24, 2.45) is 0 Å². The third kappa shape index (κ3) is 4.89. The Morgan fingerprint density at radius 1 is 1.24 bits per heavy atom. The van der Waals surface area contributed by atoms with Gasteiger partial charge in [-0.2, -0.15) is 0 Å². The van der Waals surface area contributed by atoms with E-state index in [1.807, 2.05) is 13.0 Å². The predicted octanol–water partition coefficient (Wildman–Crippen LogP) is 1.84. The molecule has 0 unspecified atom stereocenters. The summed E-state index contributed by atoms with van der Waals surface area (Å²) in [5.41, 5.74) is 1.43. The molecule has 13 heteroatoms. The molecule has 1 saturated carbocycles. The van der Waals surface area contributed by atoms with Crippen LogP contribution in [-0.2, 0) is 10.0 Å². The van der Waals surface area contributed by atoms with Crippen LogP contribution in [0.2, 0.25) is 0 Å². The lowest BCUT2D eigenvalue weighted by Crippen LogP contribution is -2.46. The van der Waals surface area contributed by atoms with Crippen molar-refractivity contribution < 1.29 is 13.2 Å². The van der Waals surface area contributed by atoms with E-state index in [4.69, 9.17) is 4.74 Å². The maximum atomic E-state index is 12.3. The molecule has 174 valence electrons. The molecule has 0 amide bonds. The first-order valence-corrected chi connectivity index (χ1v) is 13.1. The van der Waals surface area contributed by atoms with E-state index in [-0.39, 0.29) is 17.2 Å². The molecule has 0 aromatic carbocycles. The van der Waals surface area contributed by atoms with Gasteiger partial charge >= 0.3 is 0 Å². The Morgan fingerprint density at radius 3 is 2.94 bits per heavy atom. The van der Waals surface area contributed by atoms with Gasteiger partial charge in [0.1, 0.15) is 5.69 Å². The van der Waals surface area contributed by atoms with E-state index in [9.17, 15) is 8.42 Å². The largest absolute Gasteiger partial charge is 0.477 e. The zero-order valence-electron chi connectivity index (χ0n) is 18.0. The highest BCUT2D eigenvalue weighted by atomic mass is 32.2. The van der Waals surface area contributed by atoms with Crippen molar-refractivity contribution >= 4 is 32.4 Å². The average Bonchev–Trinajstić information content (AvgIpc) is 3.58. The molecule has 0 bridgehead atoms. The molecule has 1 aliphatic carbocycles. The first kappa shape index (κ1) is 21.9. The normalized spacial score (nSPS) is 18.8. The van der Waals surface area contributed by atoms with Gasteiger partial charge in [0.05, 0.1) is 40.9 Å². The van der Waals surface area contributed by atoms with Gasteiger partial charge in [-0.15, -0.1) is 0 Å². The van der Waals surface area contributed by atoms with Crippen LogP contribution < -0.4 is 19.7 Å². The molecule has 2 N–H and O–H groups in total. The van der Waals surface area contributed by atoms with Crippen LogP contribution >= 0.6 is 11.3 Å². The van der Waals surface area contributed by atoms with Crippen molar-refractivity contribution in [3.63, 3.8) is 0 Å². The lowest BCUT2D eigenvalue weighted by atomic mass is 10.1. The number of rotatable bonds is 8. The van der Waals surface area contributed by atoms with Gasteiger partial charge in [0.25, 0.3) is 0 Å². The number of nitrogens with one attached hydrogen (secondary N) is 2. The lowest BCUT2D eigenvalue weighted by Gasteiger charge is -2.35. The van der Waals surface area contributed by atoms with Gasteiger partial charge in [0.2, 0.25) is 21.9 Å². The van der Waals surface area contributed by atoms with E-state index in [2.05, 4.69) is 39.9 Å². The number of hydrogen-bond acceptors (Lipinski definition) is 11. The van der Waals surface area contributed by atoms with Gasteiger partial charge in [-0.3, -0.25) is 9.71 Å². The van der Waals surface area contributed by atoms with Crippen LogP contribution in [0.1, 0.15) is 31.5 Å². The number of thiazole rings is 1. The molecule has 0 radical (unpaired) electrons. The fraction of sp³-hybridized carbons (Fsp3) is 0.450. The first-order chi connectivity index (χ1) is 16.0. The Morgan fingerprint density at radius 2 is 2.12 bits per heavy atom. The quantitative estimate of drug-likeness (QED) is 0.483. The highest BCUT2D eigenvalue weighted by Crippen LogP contribution is 2.35. The summed E-state index contributed by atoms with van der Waals surface area (Å²) in [7, 11) is -3.43. The third-order valence-electron chi connectivity index (χ3n) is 5.35. The number of hydrogen-bond donors (Lipinski definition) is 2. The highest BCUT2D eigenvalue weighted by molar-refractivity contribution is 7.93. The van der Waals surface area contributed by atoms with Crippen LogP contribution in [0.5, 0.6) is 5.88 Å². The third-order valence-corrected chi connectivity index (χ3v) is 8.23. The predicted molar refractivity (Wildman–Crippen MR) is 125 cm³/mol. The second kappa shape index (κ2) is 9.15. The Kier molecular flexibility index (Phi) is 6.08. The summed E-state index contributed by atoms with van der Waals surface area (Å²) in [5, 5.41) is 3.88. The summed E-state index contributed by atoms with van der Waals surface area (Å²) < 4.78 is 32.6. The van der Waals surface area contributed by atoms with E-state index < -0.39 is 10.0 Å². The molecule has 2 aliphatic rings. The molecule has 5 rings (SSSR count). The van der Waals surface area contributed by atoms with E-state index in [0.717, 1.165) is 28.8 Å². The number of piperazine rings is 1. The lowest BCUT2D eigenvalue weighted by molar-refractivity contribution is 0.325. The Bertz CT molecular complexity index is 1230. The number of sulfonamides is 1. The monoisotopic (exact) mass is 488 g/mol. The molecule has 4 heterocycles. The van der Waals surface area contributed by atoms with Crippen molar-refractivity contribution in [1.82, 2.24) is 30.2 Å². The smallest absolute Gasteiger partial charge is 0.237 e. The SMILES string of the molecule is CCOc1cncc(-c2cnc(N3CCNC[C@@H]3c3ccnc(NS(=O)(=O)C4CC4)n3)s2)n1. The summed E-state index contributed by atoms with van der Waals surface area (Å²) in [4.78, 5) is 25.0. The Balaban J connectivity index is 1.39.